The molecule has 2 aliphatic rings. The monoisotopic (exact) mass is 1050 g/mol. The molecule has 74 heavy (non-hydrogen) atoms. The molecule has 0 spiro atoms. The summed E-state index contributed by atoms with van der Waals surface area (Å²) >= 11 is 3.57. The molecule has 0 aliphatic carbocycles. The Morgan fingerprint density at radius 1 is 0.459 bits per heavy atom. The Labute approximate surface area is 445 Å². The molecule has 0 radical (unpaired) electrons. The number of hydrogen-bond donors (Lipinski definition) is 0. The lowest BCUT2D eigenvalue weighted by atomic mass is 9.87. The molecular weight excluding hydrogens is 977 g/mol. The molecule has 0 saturated carbocycles. The lowest BCUT2D eigenvalue weighted by Gasteiger charge is -2.36. The van der Waals surface area contributed by atoms with E-state index in [0.29, 0.717) is 0 Å². The van der Waals surface area contributed by atoms with Crippen LogP contribution in [0.1, 0.15) is 66.7 Å². The van der Waals surface area contributed by atoms with Crippen LogP contribution in [0, 0.1) is 23.3 Å². The Kier molecular flexibility index (Phi) is 23.4. The van der Waals surface area contributed by atoms with Gasteiger partial charge in [-0.05, 0) is 134 Å². The fraction of sp³-hybridized carbons (Fsp3) is 0.393. The first-order chi connectivity index (χ1) is 36.1. The average molecular weight is 1050 g/mol. The molecule has 6 aromatic rings. The minimum atomic E-state index is -0.251. The minimum absolute atomic E-state index is 0.101. The largest absolute Gasteiger partial charge is 0.460 e. The van der Waals surface area contributed by atoms with Gasteiger partial charge < -0.3 is 19.3 Å². The van der Waals surface area contributed by atoms with Crippen LogP contribution in [0.4, 0.5) is 17.6 Å². The molecule has 0 N–H and O–H groups in total. The third-order valence-electron chi connectivity index (χ3n) is 13.9. The van der Waals surface area contributed by atoms with Gasteiger partial charge in [-0.25, -0.2) is 17.6 Å². The van der Waals surface area contributed by atoms with Crippen molar-refractivity contribution in [1.82, 2.24) is 19.6 Å². The Bertz CT molecular complexity index is 2410. The summed E-state index contributed by atoms with van der Waals surface area (Å²) in [6, 6.07) is 47.4. The van der Waals surface area contributed by atoms with Gasteiger partial charge in [-0.15, -0.1) is 23.5 Å². The summed E-state index contributed by atoms with van der Waals surface area (Å²) in [7, 11) is 1.81. The number of piperazine rings is 2. The van der Waals surface area contributed by atoms with E-state index in [9.17, 15) is 22.4 Å². The smallest absolute Gasteiger partial charge is 0.302 e. The van der Waals surface area contributed by atoms with Crippen molar-refractivity contribution in [3.63, 3.8) is 0 Å². The number of ether oxygens (including phenoxy) is 2. The van der Waals surface area contributed by atoms with Crippen molar-refractivity contribution in [3.05, 3.63) is 203 Å². The van der Waals surface area contributed by atoms with Gasteiger partial charge >= 0.3 is 5.97 Å². The molecule has 0 amide bonds. The summed E-state index contributed by atoms with van der Waals surface area (Å²) in [6.07, 6.45) is 3.95. The van der Waals surface area contributed by atoms with Crippen molar-refractivity contribution in [2.24, 2.45) is 0 Å². The number of esters is 1. The summed E-state index contributed by atoms with van der Waals surface area (Å²) in [6.45, 7) is 13.2. The number of rotatable bonds is 24. The van der Waals surface area contributed by atoms with Gasteiger partial charge in [0.1, 0.15) is 29.4 Å². The van der Waals surface area contributed by atoms with Crippen LogP contribution in [0.2, 0.25) is 0 Å². The molecular formula is C61H72F4N4O3S2. The molecule has 0 bridgehead atoms. The highest BCUT2D eigenvalue weighted by atomic mass is 32.2. The lowest BCUT2D eigenvalue weighted by molar-refractivity contribution is -0.146. The molecule has 7 nitrogen and oxygen atoms in total. The maximum atomic E-state index is 13.5. The van der Waals surface area contributed by atoms with Crippen molar-refractivity contribution in [2.45, 2.75) is 66.4 Å². The molecule has 2 atom stereocenters. The first-order valence-electron chi connectivity index (χ1n) is 26.0. The van der Waals surface area contributed by atoms with E-state index in [1.807, 2.05) is 91.7 Å². The van der Waals surface area contributed by atoms with Gasteiger partial charge in [-0.2, -0.15) is 0 Å². The molecule has 394 valence electrons. The summed E-state index contributed by atoms with van der Waals surface area (Å²) < 4.78 is 65.4. The fourth-order valence-electron chi connectivity index (χ4n) is 9.80. The van der Waals surface area contributed by atoms with Crippen molar-refractivity contribution in [1.29, 1.82) is 0 Å². The maximum absolute atomic E-state index is 13.5. The molecule has 2 heterocycles. The highest BCUT2D eigenvalue weighted by molar-refractivity contribution is 7.99. The predicted octanol–water partition coefficient (Wildman–Crippen LogP) is 12.5. The van der Waals surface area contributed by atoms with Gasteiger partial charge in [0, 0.05) is 113 Å². The van der Waals surface area contributed by atoms with Crippen LogP contribution in [0.15, 0.2) is 168 Å². The Morgan fingerprint density at radius 3 is 1.09 bits per heavy atom. The second kappa shape index (κ2) is 30.5. The Balaban J connectivity index is 0.000000217. The SMILES string of the molecule is CC(=O)OC(CSc1ccccc1)CN1CCN(CCCC(c2ccc(F)cc2)c2ccc(F)cc2)CC1.COC(CSc1ccccc1)CN1CCN(CCCC(c2ccc(F)cc2)c2ccc(F)cc2)CC1. The molecule has 13 heteroatoms. The van der Waals surface area contributed by atoms with Crippen LogP contribution >= 0.6 is 23.5 Å². The summed E-state index contributed by atoms with van der Waals surface area (Å²) in [4.78, 5) is 24.0. The zero-order valence-electron chi connectivity index (χ0n) is 42.9. The molecule has 8 rings (SSSR count). The van der Waals surface area contributed by atoms with Gasteiger partial charge in [0.05, 0.1) is 6.10 Å². The van der Waals surface area contributed by atoms with Gasteiger partial charge in [0.2, 0.25) is 0 Å². The van der Waals surface area contributed by atoms with Crippen LogP contribution in [0.25, 0.3) is 0 Å². The van der Waals surface area contributed by atoms with E-state index in [1.54, 1.807) is 11.8 Å². The number of nitrogens with zero attached hydrogens (tertiary/aromatic N) is 4. The van der Waals surface area contributed by atoms with Gasteiger partial charge in [0.25, 0.3) is 0 Å². The topological polar surface area (TPSA) is 48.5 Å². The number of thioether (sulfide) groups is 2. The van der Waals surface area contributed by atoms with E-state index in [4.69, 9.17) is 9.47 Å². The van der Waals surface area contributed by atoms with Crippen molar-refractivity contribution in [3.8, 4) is 0 Å². The summed E-state index contributed by atoms with van der Waals surface area (Å²) in [5.41, 5.74) is 4.25. The number of hydrogen-bond acceptors (Lipinski definition) is 9. The normalized spacial score (nSPS) is 15.7. The van der Waals surface area contributed by atoms with E-state index in [1.165, 1.54) is 65.2 Å². The molecule has 6 aromatic carbocycles. The van der Waals surface area contributed by atoms with Gasteiger partial charge in [0.15, 0.2) is 0 Å². The van der Waals surface area contributed by atoms with E-state index in [2.05, 4.69) is 56.0 Å². The average Bonchev–Trinajstić information content (AvgIpc) is 3.42. The maximum Gasteiger partial charge on any atom is 0.302 e. The van der Waals surface area contributed by atoms with E-state index in [-0.39, 0.29) is 53.3 Å². The molecule has 2 aliphatic heterocycles. The summed E-state index contributed by atoms with van der Waals surface area (Å²) in [5.74, 6) is 0.721. The third-order valence-corrected chi connectivity index (χ3v) is 16.2. The molecule has 2 unspecified atom stereocenters. The van der Waals surface area contributed by atoms with E-state index in [0.717, 1.165) is 138 Å². The van der Waals surface area contributed by atoms with Crippen LogP contribution in [-0.2, 0) is 14.3 Å². The highest BCUT2D eigenvalue weighted by Gasteiger charge is 2.24. The first kappa shape index (κ1) is 56.7. The second-order valence-corrected chi connectivity index (χ2v) is 21.4. The standard InChI is InChI=1S/C31H36F2N2O2S.C30H36F2N2OS/c1-24(36)37-29(23-38-30-6-3-2-4-7-30)22-35-20-18-34(19-21-35)17-5-8-31(25-9-13-27(32)14-10-25)26-11-15-28(33)16-12-26;1-35-28(23-36-29-6-3-2-4-7-29)22-34-20-18-33(19-21-34)17-5-8-30(24-9-13-26(31)14-10-24)25-11-15-27(32)16-12-25/h2-4,6-7,9-16,29,31H,5,8,17-23H2,1H3;2-4,6-7,9-16,28,30H,5,8,17-23H2,1H3. The van der Waals surface area contributed by atoms with Crippen molar-refractivity contribution in [2.75, 3.05) is 97.2 Å². The number of halogens is 4. The van der Waals surface area contributed by atoms with Crippen LogP contribution in [-0.4, -0.2) is 135 Å². The van der Waals surface area contributed by atoms with Crippen molar-refractivity contribution < 1.29 is 31.8 Å². The van der Waals surface area contributed by atoms with E-state index >= 15 is 0 Å². The predicted molar refractivity (Wildman–Crippen MR) is 294 cm³/mol. The zero-order chi connectivity index (χ0) is 51.9. The first-order valence-corrected chi connectivity index (χ1v) is 28.0. The van der Waals surface area contributed by atoms with Crippen LogP contribution < -0.4 is 0 Å². The van der Waals surface area contributed by atoms with Crippen LogP contribution in [0.5, 0.6) is 0 Å². The number of benzene rings is 6. The van der Waals surface area contributed by atoms with Gasteiger partial charge in [-0.1, -0.05) is 84.9 Å². The number of methoxy groups -OCH3 is 1. The van der Waals surface area contributed by atoms with Crippen molar-refractivity contribution >= 4 is 29.5 Å². The Morgan fingerprint density at radius 2 is 0.770 bits per heavy atom. The summed E-state index contributed by atoms with van der Waals surface area (Å²) in [5, 5.41) is 0. The number of carbonyl (C=O) groups is 1. The van der Waals surface area contributed by atoms with Crippen LogP contribution in [0.3, 0.4) is 0 Å². The second-order valence-electron chi connectivity index (χ2n) is 19.2. The lowest BCUT2D eigenvalue weighted by Crippen LogP contribution is -2.49. The Hall–Kier alpha value is -4.99. The highest BCUT2D eigenvalue weighted by Crippen LogP contribution is 2.32. The van der Waals surface area contributed by atoms with Gasteiger partial charge in [-0.3, -0.25) is 14.6 Å². The fourth-order valence-corrected chi connectivity index (χ4v) is 11.7. The minimum Gasteiger partial charge on any atom is -0.460 e. The van der Waals surface area contributed by atoms with E-state index < -0.39 is 0 Å². The molecule has 2 saturated heterocycles. The molecule has 0 aromatic heterocycles. The molecule has 2 fully saturated rings. The number of carbonyl (C=O) groups excluding carboxylic acids is 1. The quantitative estimate of drug-likeness (QED) is 0.0335. The third kappa shape index (κ3) is 19.3. The zero-order valence-corrected chi connectivity index (χ0v) is 44.5.